The number of ether oxygens (including phenoxy) is 2. The first-order valence-electron chi connectivity index (χ1n) is 7.97. The Kier molecular flexibility index (Phi) is 5.37. The number of nitrogens with one attached hydrogen (secondary N) is 2. The second kappa shape index (κ2) is 7.48. The lowest BCUT2D eigenvalue weighted by Gasteiger charge is -2.27. The normalized spacial score (nSPS) is 18.8. The van der Waals surface area contributed by atoms with Gasteiger partial charge in [-0.15, -0.1) is 0 Å². The molecular formula is C15H23N3O4S. The molecule has 23 heavy (non-hydrogen) atoms. The molecule has 3 rings (SSSR count). The summed E-state index contributed by atoms with van der Waals surface area (Å²) >= 11 is 0. The van der Waals surface area contributed by atoms with Crippen LogP contribution in [0.15, 0.2) is 23.1 Å². The van der Waals surface area contributed by atoms with Gasteiger partial charge >= 0.3 is 0 Å². The predicted molar refractivity (Wildman–Crippen MR) is 86.5 cm³/mol. The van der Waals surface area contributed by atoms with E-state index in [0.717, 1.165) is 39.1 Å². The maximum atomic E-state index is 12.3. The van der Waals surface area contributed by atoms with Crippen molar-refractivity contribution in [1.82, 2.24) is 14.9 Å². The van der Waals surface area contributed by atoms with Crippen molar-refractivity contribution in [2.45, 2.75) is 11.3 Å². The Balaban J connectivity index is 1.52. The van der Waals surface area contributed by atoms with E-state index in [1.165, 1.54) is 6.07 Å². The van der Waals surface area contributed by atoms with Crippen molar-refractivity contribution in [2.75, 3.05) is 52.5 Å². The quantitative estimate of drug-likeness (QED) is 0.711. The van der Waals surface area contributed by atoms with Crippen LogP contribution in [0.3, 0.4) is 0 Å². The highest BCUT2D eigenvalue weighted by Gasteiger charge is 2.19. The number of benzene rings is 1. The molecule has 0 spiro atoms. The molecule has 0 aliphatic carbocycles. The third-order valence-corrected chi connectivity index (χ3v) is 5.44. The second-order valence-corrected chi connectivity index (χ2v) is 7.42. The van der Waals surface area contributed by atoms with Crippen molar-refractivity contribution in [3.63, 3.8) is 0 Å². The van der Waals surface area contributed by atoms with E-state index in [4.69, 9.17) is 9.47 Å². The summed E-state index contributed by atoms with van der Waals surface area (Å²) in [4.78, 5) is 2.55. The van der Waals surface area contributed by atoms with E-state index in [-0.39, 0.29) is 4.90 Å². The van der Waals surface area contributed by atoms with Crippen LogP contribution < -0.4 is 19.5 Å². The molecule has 2 N–H and O–H groups in total. The zero-order chi connectivity index (χ0) is 16.1. The van der Waals surface area contributed by atoms with Gasteiger partial charge in [-0.3, -0.25) is 0 Å². The first kappa shape index (κ1) is 16.5. The zero-order valence-electron chi connectivity index (χ0n) is 13.1. The smallest absolute Gasteiger partial charge is 0.240 e. The molecule has 8 heteroatoms. The van der Waals surface area contributed by atoms with E-state index in [9.17, 15) is 8.42 Å². The Hall–Kier alpha value is -1.35. The maximum Gasteiger partial charge on any atom is 0.240 e. The van der Waals surface area contributed by atoms with Crippen LogP contribution in [0, 0.1) is 0 Å². The first-order valence-corrected chi connectivity index (χ1v) is 9.46. The lowest BCUT2D eigenvalue weighted by atomic mass is 10.3. The van der Waals surface area contributed by atoms with Gasteiger partial charge in [0.2, 0.25) is 10.0 Å². The molecule has 0 unspecified atom stereocenters. The third-order valence-electron chi connectivity index (χ3n) is 3.98. The number of sulfonamides is 1. The van der Waals surface area contributed by atoms with E-state index in [1.807, 2.05) is 0 Å². The molecule has 2 heterocycles. The molecule has 0 atom stereocenters. The standard InChI is InChI=1S/C15H23N3O4S/c19-23(20,17-4-1-7-18-8-5-16-6-9-18)13-2-3-14-15(12-13)22-11-10-21-14/h2-3,12,16-17H,1,4-11H2. The molecule has 7 nitrogen and oxygen atoms in total. The van der Waals surface area contributed by atoms with Gasteiger partial charge in [0.05, 0.1) is 4.90 Å². The number of nitrogens with zero attached hydrogens (tertiary/aromatic N) is 1. The summed E-state index contributed by atoms with van der Waals surface area (Å²) in [6, 6.07) is 4.71. The fourth-order valence-electron chi connectivity index (χ4n) is 2.72. The van der Waals surface area contributed by atoms with Gasteiger partial charge < -0.3 is 19.7 Å². The van der Waals surface area contributed by atoms with Gasteiger partial charge in [0.15, 0.2) is 11.5 Å². The van der Waals surface area contributed by atoms with E-state index in [1.54, 1.807) is 12.1 Å². The number of fused-ring (bicyclic) bond motifs is 1. The largest absolute Gasteiger partial charge is 0.486 e. The number of hydrogen-bond acceptors (Lipinski definition) is 6. The van der Waals surface area contributed by atoms with Crippen molar-refractivity contribution >= 4 is 10.0 Å². The van der Waals surface area contributed by atoms with Crippen molar-refractivity contribution in [1.29, 1.82) is 0 Å². The topological polar surface area (TPSA) is 79.9 Å². The zero-order valence-corrected chi connectivity index (χ0v) is 13.9. The molecule has 128 valence electrons. The predicted octanol–water partition coefficient (Wildman–Crippen LogP) is 0.0314. The summed E-state index contributed by atoms with van der Waals surface area (Å²) < 4.78 is 38.2. The van der Waals surface area contributed by atoms with Crippen LogP contribution in [-0.2, 0) is 10.0 Å². The molecule has 0 saturated carbocycles. The van der Waals surface area contributed by atoms with Crippen molar-refractivity contribution in [3.8, 4) is 11.5 Å². The maximum absolute atomic E-state index is 12.3. The molecule has 1 aromatic rings. The molecule has 0 aromatic heterocycles. The van der Waals surface area contributed by atoms with Crippen LogP contribution in [-0.4, -0.2) is 65.8 Å². The molecule has 1 aromatic carbocycles. The van der Waals surface area contributed by atoms with Crippen LogP contribution >= 0.6 is 0 Å². The second-order valence-electron chi connectivity index (χ2n) is 5.65. The molecule has 2 aliphatic heterocycles. The van der Waals surface area contributed by atoms with Gasteiger partial charge in [0, 0.05) is 38.8 Å². The average molecular weight is 341 g/mol. The molecule has 0 amide bonds. The van der Waals surface area contributed by atoms with Gasteiger partial charge in [-0.05, 0) is 25.1 Å². The van der Waals surface area contributed by atoms with Crippen molar-refractivity contribution in [2.24, 2.45) is 0 Å². The van der Waals surface area contributed by atoms with Crippen LogP contribution in [0.4, 0.5) is 0 Å². The highest BCUT2D eigenvalue weighted by molar-refractivity contribution is 7.89. The Bertz CT molecular complexity index is 630. The fourth-order valence-corrected chi connectivity index (χ4v) is 3.81. The molecule has 1 saturated heterocycles. The SMILES string of the molecule is O=S(=O)(NCCCN1CCNCC1)c1ccc2c(c1)OCCO2. The summed E-state index contributed by atoms with van der Waals surface area (Å²) in [6.07, 6.45) is 0.795. The highest BCUT2D eigenvalue weighted by atomic mass is 32.2. The molecular weight excluding hydrogens is 318 g/mol. The summed E-state index contributed by atoms with van der Waals surface area (Å²) in [7, 11) is -3.51. The minimum absolute atomic E-state index is 0.212. The van der Waals surface area contributed by atoms with Crippen LogP contribution in [0.2, 0.25) is 0 Å². The highest BCUT2D eigenvalue weighted by Crippen LogP contribution is 2.32. The van der Waals surface area contributed by atoms with Crippen LogP contribution in [0.1, 0.15) is 6.42 Å². The monoisotopic (exact) mass is 341 g/mol. The van der Waals surface area contributed by atoms with Crippen molar-refractivity contribution in [3.05, 3.63) is 18.2 Å². The summed E-state index contributed by atoms with van der Waals surface area (Å²) in [5.41, 5.74) is 0. The summed E-state index contributed by atoms with van der Waals surface area (Å²) in [5.74, 6) is 1.08. The third kappa shape index (κ3) is 4.35. The van der Waals surface area contributed by atoms with Gasteiger partial charge in [-0.2, -0.15) is 0 Å². The fraction of sp³-hybridized carbons (Fsp3) is 0.600. The number of hydrogen-bond donors (Lipinski definition) is 2. The van der Waals surface area contributed by atoms with Crippen molar-refractivity contribution < 1.29 is 17.9 Å². The van der Waals surface area contributed by atoms with E-state index in [0.29, 0.717) is 31.3 Å². The first-order chi connectivity index (χ1) is 11.1. The number of piperazine rings is 1. The molecule has 0 radical (unpaired) electrons. The van der Waals surface area contributed by atoms with Crippen LogP contribution in [0.5, 0.6) is 11.5 Å². The van der Waals surface area contributed by atoms with Gasteiger partial charge in [0.1, 0.15) is 13.2 Å². The average Bonchev–Trinajstić information content (AvgIpc) is 2.59. The van der Waals surface area contributed by atoms with Gasteiger partial charge in [-0.25, -0.2) is 13.1 Å². The van der Waals surface area contributed by atoms with E-state index >= 15 is 0 Å². The molecule has 1 fully saturated rings. The Morgan fingerprint density at radius 1 is 1.13 bits per heavy atom. The lowest BCUT2D eigenvalue weighted by Crippen LogP contribution is -2.44. The minimum Gasteiger partial charge on any atom is -0.486 e. The summed E-state index contributed by atoms with van der Waals surface area (Å²) in [6.45, 7) is 6.32. The van der Waals surface area contributed by atoms with E-state index < -0.39 is 10.0 Å². The number of rotatable bonds is 6. The van der Waals surface area contributed by atoms with Gasteiger partial charge in [0.25, 0.3) is 0 Å². The minimum atomic E-state index is -3.51. The Labute approximate surface area is 137 Å². The Morgan fingerprint density at radius 2 is 1.87 bits per heavy atom. The molecule has 2 aliphatic rings. The van der Waals surface area contributed by atoms with E-state index in [2.05, 4.69) is 14.9 Å². The Morgan fingerprint density at radius 3 is 2.65 bits per heavy atom. The van der Waals surface area contributed by atoms with Gasteiger partial charge in [-0.1, -0.05) is 0 Å². The summed E-state index contributed by atoms with van der Waals surface area (Å²) in [5, 5.41) is 3.30. The lowest BCUT2D eigenvalue weighted by molar-refractivity contribution is 0.171. The molecule has 0 bridgehead atoms. The van der Waals surface area contributed by atoms with Crippen LogP contribution in [0.25, 0.3) is 0 Å².